The molecule has 3 N–H and O–H groups in total. The highest BCUT2D eigenvalue weighted by molar-refractivity contribution is 5.92. The fourth-order valence-electron chi connectivity index (χ4n) is 1.90. The van der Waals surface area contributed by atoms with Gasteiger partial charge in [-0.1, -0.05) is 6.42 Å². The maximum atomic E-state index is 11.8. The van der Waals surface area contributed by atoms with Gasteiger partial charge in [0.1, 0.15) is 5.56 Å². The smallest absolute Gasteiger partial charge is 0.263 e. The van der Waals surface area contributed by atoms with Crippen molar-refractivity contribution in [2.45, 2.75) is 31.8 Å². The zero-order chi connectivity index (χ0) is 12.3. The van der Waals surface area contributed by atoms with Gasteiger partial charge in [0, 0.05) is 25.3 Å². The molecule has 1 fully saturated rings. The van der Waals surface area contributed by atoms with Crippen LogP contribution in [0.2, 0.25) is 0 Å². The second-order valence-corrected chi connectivity index (χ2v) is 4.37. The van der Waals surface area contributed by atoms with Crippen molar-refractivity contribution < 1.29 is 4.79 Å². The molecule has 1 aromatic rings. The van der Waals surface area contributed by atoms with Crippen molar-refractivity contribution in [3.8, 4) is 0 Å². The maximum Gasteiger partial charge on any atom is 0.263 e. The Labute approximate surface area is 99.6 Å². The molecule has 0 aliphatic heterocycles. The highest BCUT2D eigenvalue weighted by atomic mass is 16.2. The van der Waals surface area contributed by atoms with Crippen LogP contribution >= 0.6 is 0 Å². The molecule has 0 spiro atoms. The van der Waals surface area contributed by atoms with E-state index in [1.165, 1.54) is 29.9 Å². The molecule has 17 heavy (non-hydrogen) atoms. The van der Waals surface area contributed by atoms with Crippen molar-refractivity contribution in [1.29, 1.82) is 0 Å². The third kappa shape index (κ3) is 2.74. The minimum absolute atomic E-state index is 0.0520. The number of hydrogen-bond donors (Lipinski definition) is 2. The summed E-state index contributed by atoms with van der Waals surface area (Å²) >= 11 is 0. The molecule has 5 heteroatoms. The second-order valence-electron chi connectivity index (χ2n) is 4.37. The van der Waals surface area contributed by atoms with Gasteiger partial charge in [0.2, 0.25) is 0 Å². The number of amides is 1. The van der Waals surface area contributed by atoms with Gasteiger partial charge in [-0.05, 0) is 25.0 Å². The summed E-state index contributed by atoms with van der Waals surface area (Å²) in [6.45, 7) is 1.31. The third-order valence-electron chi connectivity index (χ3n) is 3.18. The molecule has 0 atom stereocenters. The van der Waals surface area contributed by atoms with Crippen molar-refractivity contribution in [2.75, 3.05) is 6.54 Å². The topological polar surface area (TPSA) is 77.1 Å². The van der Waals surface area contributed by atoms with E-state index in [1.54, 1.807) is 12.3 Å². The Hall–Kier alpha value is -1.62. The zero-order valence-electron chi connectivity index (χ0n) is 9.69. The predicted molar refractivity (Wildman–Crippen MR) is 64.9 cm³/mol. The minimum Gasteiger partial charge on any atom is -0.365 e. The van der Waals surface area contributed by atoms with E-state index in [2.05, 4.69) is 5.32 Å². The first-order valence-electron chi connectivity index (χ1n) is 5.91. The summed E-state index contributed by atoms with van der Waals surface area (Å²) in [5, 5.41) is 3.37. The fraction of sp³-hybridized carbons (Fsp3) is 0.500. The van der Waals surface area contributed by atoms with Crippen LogP contribution in [0.5, 0.6) is 0 Å². The second kappa shape index (κ2) is 5.14. The van der Waals surface area contributed by atoms with Crippen LogP contribution in [0.1, 0.15) is 29.6 Å². The number of hydrogen-bond acceptors (Lipinski definition) is 3. The summed E-state index contributed by atoms with van der Waals surface area (Å²) in [5.74, 6) is -0.670. The highest BCUT2D eigenvalue weighted by Gasteiger charge is 2.16. The van der Waals surface area contributed by atoms with Crippen molar-refractivity contribution in [3.63, 3.8) is 0 Å². The summed E-state index contributed by atoms with van der Waals surface area (Å²) in [6.07, 6.45) is 5.40. The summed E-state index contributed by atoms with van der Waals surface area (Å²) in [6, 6.07) is 3.73. The van der Waals surface area contributed by atoms with Crippen molar-refractivity contribution in [1.82, 2.24) is 9.88 Å². The van der Waals surface area contributed by atoms with Crippen LogP contribution in [0, 0.1) is 0 Å². The van der Waals surface area contributed by atoms with Gasteiger partial charge in [-0.3, -0.25) is 9.59 Å². The summed E-state index contributed by atoms with van der Waals surface area (Å²) in [4.78, 5) is 22.8. The lowest BCUT2D eigenvalue weighted by Crippen LogP contribution is -2.38. The number of aromatic nitrogens is 1. The third-order valence-corrected chi connectivity index (χ3v) is 3.18. The van der Waals surface area contributed by atoms with E-state index in [-0.39, 0.29) is 11.1 Å². The van der Waals surface area contributed by atoms with Crippen LogP contribution in [0.25, 0.3) is 0 Å². The molecule has 0 radical (unpaired) electrons. The van der Waals surface area contributed by atoms with E-state index < -0.39 is 5.91 Å². The molecule has 5 nitrogen and oxygen atoms in total. The van der Waals surface area contributed by atoms with Gasteiger partial charge in [0.25, 0.3) is 11.5 Å². The Morgan fingerprint density at radius 1 is 1.53 bits per heavy atom. The van der Waals surface area contributed by atoms with Crippen LogP contribution in [0.15, 0.2) is 23.1 Å². The van der Waals surface area contributed by atoms with E-state index in [1.807, 2.05) is 0 Å². The van der Waals surface area contributed by atoms with Gasteiger partial charge in [0.05, 0.1) is 0 Å². The van der Waals surface area contributed by atoms with Gasteiger partial charge < -0.3 is 15.6 Å². The van der Waals surface area contributed by atoms with Crippen molar-refractivity contribution in [2.24, 2.45) is 5.73 Å². The Morgan fingerprint density at radius 3 is 2.88 bits per heavy atom. The molecule has 1 saturated carbocycles. The number of primary amides is 1. The average Bonchev–Trinajstić information content (AvgIpc) is 2.23. The first-order valence-corrected chi connectivity index (χ1v) is 5.91. The number of nitrogens with zero attached hydrogens (tertiary/aromatic N) is 1. The minimum atomic E-state index is -0.670. The number of rotatable bonds is 5. The summed E-state index contributed by atoms with van der Waals surface area (Å²) < 4.78 is 1.52. The normalized spacial score (nSPS) is 15.5. The van der Waals surface area contributed by atoms with Crippen LogP contribution in [0.4, 0.5) is 0 Å². The van der Waals surface area contributed by atoms with Crippen molar-refractivity contribution in [3.05, 3.63) is 34.2 Å². The quantitative estimate of drug-likeness (QED) is 0.759. The van der Waals surface area contributed by atoms with Crippen LogP contribution in [0.3, 0.4) is 0 Å². The number of nitrogens with two attached hydrogens (primary N) is 1. The van der Waals surface area contributed by atoms with Gasteiger partial charge in [-0.2, -0.15) is 0 Å². The van der Waals surface area contributed by atoms with E-state index in [4.69, 9.17) is 5.73 Å². The van der Waals surface area contributed by atoms with Gasteiger partial charge >= 0.3 is 0 Å². The monoisotopic (exact) mass is 235 g/mol. The maximum absolute atomic E-state index is 11.8. The lowest BCUT2D eigenvalue weighted by Gasteiger charge is -2.26. The lowest BCUT2D eigenvalue weighted by atomic mass is 9.93. The van der Waals surface area contributed by atoms with Crippen LogP contribution in [-0.4, -0.2) is 23.1 Å². The predicted octanol–water partition coefficient (Wildman–Crippen LogP) is 0.0893. The Kier molecular flexibility index (Phi) is 3.58. The Bertz CT molecular complexity index is 463. The molecule has 0 unspecified atom stereocenters. The van der Waals surface area contributed by atoms with E-state index in [0.29, 0.717) is 12.6 Å². The summed E-state index contributed by atoms with van der Waals surface area (Å²) in [7, 11) is 0. The van der Waals surface area contributed by atoms with Gasteiger partial charge in [0.15, 0.2) is 0 Å². The molecule has 0 saturated heterocycles. The first kappa shape index (κ1) is 11.9. The molecule has 1 aliphatic rings. The molecule has 1 heterocycles. The molecule has 2 rings (SSSR count). The highest BCUT2D eigenvalue weighted by Crippen LogP contribution is 2.17. The van der Waals surface area contributed by atoms with E-state index in [9.17, 15) is 9.59 Å². The molecule has 0 bridgehead atoms. The van der Waals surface area contributed by atoms with E-state index >= 15 is 0 Å². The number of nitrogens with one attached hydrogen (secondary N) is 1. The first-order chi connectivity index (χ1) is 8.18. The SMILES string of the molecule is NC(=O)c1cccn(CCNC2CCC2)c1=O. The van der Waals surface area contributed by atoms with Gasteiger partial charge in [-0.25, -0.2) is 0 Å². The van der Waals surface area contributed by atoms with Crippen molar-refractivity contribution >= 4 is 5.91 Å². The largest absolute Gasteiger partial charge is 0.365 e. The van der Waals surface area contributed by atoms with Gasteiger partial charge in [-0.15, -0.1) is 0 Å². The summed E-state index contributed by atoms with van der Waals surface area (Å²) in [5.41, 5.74) is 4.87. The molecular weight excluding hydrogens is 218 g/mol. The molecular formula is C12H17N3O2. The molecule has 1 amide bonds. The number of carbonyl (C=O) groups is 1. The Balaban J connectivity index is 1.97. The molecule has 1 aromatic heterocycles. The average molecular weight is 235 g/mol. The zero-order valence-corrected chi connectivity index (χ0v) is 9.69. The number of carbonyl (C=O) groups excluding carboxylic acids is 1. The lowest BCUT2D eigenvalue weighted by molar-refractivity contribution is 0.0998. The Morgan fingerprint density at radius 2 is 2.29 bits per heavy atom. The molecule has 0 aromatic carbocycles. The van der Waals surface area contributed by atoms with E-state index in [0.717, 1.165) is 6.54 Å². The van der Waals surface area contributed by atoms with Crippen LogP contribution < -0.4 is 16.6 Å². The molecule has 1 aliphatic carbocycles. The number of pyridine rings is 1. The van der Waals surface area contributed by atoms with Crippen LogP contribution in [-0.2, 0) is 6.54 Å². The standard InChI is InChI=1S/C12H17N3O2/c13-11(16)10-5-2-7-15(12(10)17)8-6-14-9-3-1-4-9/h2,5,7,9,14H,1,3-4,6,8H2,(H2,13,16). The molecule has 92 valence electrons. The fourth-order valence-corrected chi connectivity index (χ4v) is 1.90.